The number of fused-ring (bicyclic) bond motifs is 1. The highest BCUT2D eigenvalue weighted by atomic mass is 19.1. The second kappa shape index (κ2) is 3.38. The Morgan fingerprint density at radius 3 is 2.87 bits per heavy atom. The summed E-state index contributed by atoms with van der Waals surface area (Å²) in [5.41, 5.74) is 1.54. The summed E-state index contributed by atoms with van der Waals surface area (Å²) in [4.78, 5) is 10.7. The second-order valence-electron chi connectivity index (χ2n) is 3.44. The molecule has 2 rings (SSSR count). The molecule has 78 valence electrons. The van der Waals surface area contributed by atoms with Gasteiger partial charge in [-0.2, -0.15) is 0 Å². The van der Waals surface area contributed by atoms with Crippen molar-refractivity contribution in [3.05, 3.63) is 35.5 Å². The molecular formula is C11H10FNO2. The molecule has 0 saturated heterocycles. The summed E-state index contributed by atoms with van der Waals surface area (Å²) in [6, 6.07) is 4.69. The van der Waals surface area contributed by atoms with Gasteiger partial charge >= 0.3 is 5.97 Å². The third kappa shape index (κ3) is 1.48. The van der Waals surface area contributed by atoms with E-state index in [0.29, 0.717) is 5.56 Å². The van der Waals surface area contributed by atoms with Gasteiger partial charge in [0.2, 0.25) is 0 Å². The second-order valence-corrected chi connectivity index (χ2v) is 3.44. The number of aryl methyl sites for hydroxylation is 1. The van der Waals surface area contributed by atoms with Crippen molar-refractivity contribution in [2.45, 2.75) is 6.67 Å². The Kier molecular flexibility index (Phi) is 2.19. The van der Waals surface area contributed by atoms with E-state index in [1.807, 2.05) is 0 Å². The quantitative estimate of drug-likeness (QED) is 0.821. The van der Waals surface area contributed by atoms with Crippen LogP contribution in [0.4, 0.5) is 4.39 Å². The van der Waals surface area contributed by atoms with Gasteiger partial charge in [0.25, 0.3) is 0 Å². The van der Waals surface area contributed by atoms with Gasteiger partial charge in [0, 0.05) is 29.7 Å². The normalized spacial score (nSPS) is 10.8. The zero-order valence-corrected chi connectivity index (χ0v) is 8.20. The summed E-state index contributed by atoms with van der Waals surface area (Å²) in [6.45, 7) is -0.538. The Balaban J connectivity index is 2.72. The maximum atomic E-state index is 12.6. The molecule has 0 atom stereocenters. The minimum atomic E-state index is -0.972. The van der Waals surface area contributed by atoms with Crippen LogP contribution in [0.3, 0.4) is 0 Å². The molecule has 4 heteroatoms. The number of carboxylic acid groups (broad SMARTS) is 1. The van der Waals surface area contributed by atoms with Crippen LogP contribution < -0.4 is 0 Å². The molecule has 1 N–H and O–H groups in total. The largest absolute Gasteiger partial charge is 0.478 e. The van der Waals surface area contributed by atoms with Gasteiger partial charge in [-0.25, -0.2) is 9.18 Å². The number of hydrogen-bond acceptors (Lipinski definition) is 1. The molecule has 0 aliphatic heterocycles. The third-order valence-corrected chi connectivity index (χ3v) is 2.46. The summed E-state index contributed by atoms with van der Waals surface area (Å²) in [5, 5.41) is 9.58. The molecular weight excluding hydrogens is 197 g/mol. The van der Waals surface area contributed by atoms with Crippen molar-refractivity contribution in [2.24, 2.45) is 7.05 Å². The molecule has 0 aliphatic rings. The fraction of sp³-hybridized carbons (Fsp3) is 0.182. The van der Waals surface area contributed by atoms with Gasteiger partial charge in [-0.3, -0.25) is 0 Å². The maximum Gasteiger partial charge on any atom is 0.335 e. The van der Waals surface area contributed by atoms with E-state index in [-0.39, 0.29) is 5.56 Å². The van der Waals surface area contributed by atoms with Gasteiger partial charge in [-0.05, 0) is 12.1 Å². The average molecular weight is 207 g/mol. The van der Waals surface area contributed by atoms with Gasteiger partial charge in [-0.15, -0.1) is 0 Å². The summed E-state index contributed by atoms with van der Waals surface area (Å²) in [7, 11) is 1.77. The summed E-state index contributed by atoms with van der Waals surface area (Å²) < 4.78 is 14.3. The Labute approximate surface area is 85.7 Å². The lowest BCUT2D eigenvalue weighted by Crippen LogP contribution is -1.96. The lowest BCUT2D eigenvalue weighted by atomic mass is 10.1. The molecule has 2 aromatic rings. The average Bonchev–Trinajstić information content (AvgIpc) is 2.55. The molecule has 15 heavy (non-hydrogen) atoms. The van der Waals surface area contributed by atoms with Crippen LogP contribution in [0.2, 0.25) is 0 Å². The Morgan fingerprint density at radius 1 is 1.53 bits per heavy atom. The Bertz CT molecular complexity index is 531. The minimum absolute atomic E-state index is 0.217. The van der Waals surface area contributed by atoms with Gasteiger partial charge in [0.05, 0.1) is 5.56 Å². The number of hydrogen-bond donors (Lipinski definition) is 1. The molecule has 0 saturated carbocycles. The first-order valence-electron chi connectivity index (χ1n) is 4.50. The van der Waals surface area contributed by atoms with Crippen molar-refractivity contribution < 1.29 is 14.3 Å². The van der Waals surface area contributed by atoms with E-state index in [1.54, 1.807) is 29.9 Å². The molecule has 1 aromatic carbocycles. The fourth-order valence-electron chi connectivity index (χ4n) is 1.71. The highest BCUT2D eigenvalue weighted by Crippen LogP contribution is 2.22. The van der Waals surface area contributed by atoms with Crippen LogP contribution >= 0.6 is 0 Å². The summed E-state index contributed by atoms with van der Waals surface area (Å²) in [5.74, 6) is -0.972. The first-order valence-corrected chi connectivity index (χ1v) is 4.50. The summed E-state index contributed by atoms with van der Waals surface area (Å²) >= 11 is 0. The number of rotatable bonds is 2. The molecule has 0 unspecified atom stereocenters. The van der Waals surface area contributed by atoms with E-state index >= 15 is 0 Å². The SMILES string of the molecule is Cn1cc(CF)c2ccc(C(=O)O)cc21. The molecule has 0 amide bonds. The van der Waals surface area contributed by atoms with E-state index < -0.39 is 12.6 Å². The molecule has 0 fully saturated rings. The predicted molar refractivity (Wildman–Crippen MR) is 54.7 cm³/mol. The third-order valence-electron chi connectivity index (χ3n) is 2.46. The molecule has 0 spiro atoms. The highest BCUT2D eigenvalue weighted by molar-refractivity contribution is 5.94. The summed E-state index contributed by atoms with van der Waals surface area (Å²) in [6.07, 6.45) is 1.68. The molecule has 0 aliphatic carbocycles. The van der Waals surface area contributed by atoms with Crippen LogP contribution in [0.1, 0.15) is 15.9 Å². The number of alkyl halides is 1. The molecule has 1 aromatic heterocycles. The number of halogens is 1. The number of carbonyl (C=O) groups is 1. The van der Waals surface area contributed by atoms with E-state index in [2.05, 4.69) is 0 Å². The molecule has 0 radical (unpaired) electrons. The Hall–Kier alpha value is -1.84. The van der Waals surface area contributed by atoms with E-state index in [0.717, 1.165) is 10.9 Å². The van der Waals surface area contributed by atoms with Crippen molar-refractivity contribution >= 4 is 16.9 Å². The van der Waals surface area contributed by atoms with Crippen molar-refractivity contribution in [1.82, 2.24) is 4.57 Å². The number of carboxylic acids is 1. The molecule has 1 heterocycles. The number of aromatic carboxylic acids is 1. The highest BCUT2D eigenvalue weighted by Gasteiger charge is 2.09. The van der Waals surface area contributed by atoms with Crippen molar-refractivity contribution in [1.29, 1.82) is 0 Å². The first kappa shape index (κ1) is 9.71. The van der Waals surface area contributed by atoms with Crippen molar-refractivity contribution in [3.63, 3.8) is 0 Å². The lowest BCUT2D eigenvalue weighted by molar-refractivity contribution is 0.0697. The molecule has 3 nitrogen and oxygen atoms in total. The van der Waals surface area contributed by atoms with E-state index in [4.69, 9.17) is 5.11 Å². The topological polar surface area (TPSA) is 42.2 Å². The van der Waals surface area contributed by atoms with Crippen LogP contribution in [0.25, 0.3) is 10.9 Å². The predicted octanol–water partition coefficient (Wildman–Crippen LogP) is 2.35. The fourth-order valence-corrected chi connectivity index (χ4v) is 1.71. The Morgan fingerprint density at radius 2 is 2.27 bits per heavy atom. The lowest BCUT2D eigenvalue weighted by Gasteiger charge is -1.98. The minimum Gasteiger partial charge on any atom is -0.478 e. The van der Waals surface area contributed by atoms with Gasteiger partial charge in [0.1, 0.15) is 6.67 Å². The van der Waals surface area contributed by atoms with Crippen LogP contribution in [-0.4, -0.2) is 15.6 Å². The molecule has 0 bridgehead atoms. The van der Waals surface area contributed by atoms with Gasteiger partial charge < -0.3 is 9.67 Å². The van der Waals surface area contributed by atoms with Crippen LogP contribution in [0.15, 0.2) is 24.4 Å². The first-order chi connectivity index (χ1) is 7.13. The zero-order chi connectivity index (χ0) is 11.0. The smallest absolute Gasteiger partial charge is 0.335 e. The van der Waals surface area contributed by atoms with Crippen LogP contribution in [0, 0.1) is 0 Å². The maximum absolute atomic E-state index is 12.6. The van der Waals surface area contributed by atoms with Crippen molar-refractivity contribution in [3.8, 4) is 0 Å². The van der Waals surface area contributed by atoms with Crippen molar-refractivity contribution in [2.75, 3.05) is 0 Å². The monoisotopic (exact) mass is 207 g/mol. The standard InChI is InChI=1S/C11H10FNO2/c1-13-6-8(5-12)9-3-2-7(11(14)15)4-10(9)13/h2-4,6H,5H2,1H3,(H,14,15). The van der Waals surface area contributed by atoms with Crippen LogP contribution in [0.5, 0.6) is 0 Å². The van der Waals surface area contributed by atoms with E-state index in [1.165, 1.54) is 6.07 Å². The zero-order valence-electron chi connectivity index (χ0n) is 8.20. The number of nitrogens with zero attached hydrogens (tertiary/aromatic N) is 1. The van der Waals surface area contributed by atoms with Crippen LogP contribution in [-0.2, 0) is 13.7 Å². The van der Waals surface area contributed by atoms with Gasteiger partial charge in [0.15, 0.2) is 0 Å². The number of benzene rings is 1. The van der Waals surface area contributed by atoms with Gasteiger partial charge in [-0.1, -0.05) is 6.07 Å². The number of aromatic nitrogens is 1. The van der Waals surface area contributed by atoms with E-state index in [9.17, 15) is 9.18 Å².